The second-order valence-electron chi connectivity index (χ2n) is 3.90. The molecule has 19 heavy (non-hydrogen) atoms. The van der Waals surface area contributed by atoms with Crippen LogP contribution in [0.5, 0.6) is 0 Å². The van der Waals surface area contributed by atoms with Crippen LogP contribution in [0.2, 0.25) is 5.02 Å². The van der Waals surface area contributed by atoms with Gasteiger partial charge in [-0.1, -0.05) is 11.6 Å². The van der Waals surface area contributed by atoms with Crippen LogP contribution in [-0.2, 0) is 6.54 Å². The Labute approximate surface area is 115 Å². The maximum Gasteiger partial charge on any atom is 0.255 e. The maximum absolute atomic E-state index is 12.2. The molecule has 2 heterocycles. The molecule has 0 radical (unpaired) electrons. The normalized spacial score (nSPS) is 10.3. The van der Waals surface area contributed by atoms with Gasteiger partial charge in [0.25, 0.3) is 5.91 Å². The number of hydrogen-bond donors (Lipinski definition) is 2. The number of aromatic amines is 1. The highest BCUT2D eigenvalue weighted by Gasteiger charge is 2.15. The van der Waals surface area contributed by atoms with Crippen LogP contribution in [0.1, 0.15) is 16.2 Å². The summed E-state index contributed by atoms with van der Waals surface area (Å²) < 4.78 is 0. The van der Waals surface area contributed by atoms with Gasteiger partial charge in [-0.2, -0.15) is 5.10 Å². The Morgan fingerprint density at radius 3 is 2.89 bits per heavy atom. The van der Waals surface area contributed by atoms with Gasteiger partial charge in [-0.15, -0.1) is 0 Å². The molecule has 2 N–H and O–H groups in total. The maximum atomic E-state index is 12.2. The molecule has 0 aliphatic carbocycles. The average molecular weight is 281 g/mol. The summed E-state index contributed by atoms with van der Waals surface area (Å²) >= 11 is 6.00. The molecule has 2 rings (SSSR count). The molecule has 7 nitrogen and oxygen atoms in total. The third-order valence-corrected chi connectivity index (χ3v) is 2.81. The fourth-order valence-electron chi connectivity index (χ4n) is 1.56. The number of carbonyl (C=O) groups is 1. The Hall–Kier alpha value is -2.15. The zero-order valence-corrected chi connectivity index (χ0v) is 11.3. The fraction of sp³-hybridized carbons (Fsp3) is 0.273. The molecule has 1 amide bonds. The predicted molar refractivity (Wildman–Crippen MR) is 71.0 cm³/mol. The number of nitrogens with one attached hydrogen (secondary N) is 2. The first-order chi connectivity index (χ1) is 9.11. The molecule has 2 aromatic rings. The molecule has 0 atom stereocenters. The highest BCUT2D eigenvalue weighted by Crippen LogP contribution is 2.20. The van der Waals surface area contributed by atoms with Crippen LogP contribution in [0.4, 0.5) is 5.82 Å². The number of halogens is 1. The standard InChI is InChI=1S/C11H13ClN6O/c1-13-10-8(12)3-7(4-14-10)11(19)18(2)5-9-15-6-16-17-9/h3-4,6H,5H2,1-2H3,(H,13,14)(H,15,16,17). The lowest BCUT2D eigenvalue weighted by Crippen LogP contribution is -2.27. The van der Waals surface area contributed by atoms with Gasteiger partial charge in [0.2, 0.25) is 0 Å². The first-order valence-electron chi connectivity index (χ1n) is 5.55. The number of aromatic nitrogens is 4. The summed E-state index contributed by atoms with van der Waals surface area (Å²) in [4.78, 5) is 21.7. The van der Waals surface area contributed by atoms with Crippen LogP contribution >= 0.6 is 11.6 Å². The van der Waals surface area contributed by atoms with Crippen molar-refractivity contribution in [1.82, 2.24) is 25.1 Å². The van der Waals surface area contributed by atoms with Crippen molar-refractivity contribution >= 4 is 23.3 Å². The Morgan fingerprint density at radius 2 is 2.32 bits per heavy atom. The number of anilines is 1. The quantitative estimate of drug-likeness (QED) is 0.878. The van der Waals surface area contributed by atoms with Crippen LogP contribution in [0.3, 0.4) is 0 Å². The van der Waals surface area contributed by atoms with Crippen molar-refractivity contribution in [3.63, 3.8) is 0 Å². The minimum Gasteiger partial charge on any atom is -0.372 e. The molecular formula is C11H13ClN6O. The minimum atomic E-state index is -0.187. The van der Waals surface area contributed by atoms with Gasteiger partial charge in [0.05, 0.1) is 17.1 Å². The zero-order chi connectivity index (χ0) is 13.8. The second kappa shape index (κ2) is 5.66. The molecule has 0 aliphatic rings. The van der Waals surface area contributed by atoms with E-state index < -0.39 is 0 Å². The number of carbonyl (C=O) groups excluding carboxylic acids is 1. The van der Waals surface area contributed by atoms with Gasteiger partial charge in [0, 0.05) is 20.3 Å². The summed E-state index contributed by atoms with van der Waals surface area (Å²) in [6, 6.07) is 1.58. The molecule has 8 heteroatoms. The average Bonchev–Trinajstić information content (AvgIpc) is 2.90. The summed E-state index contributed by atoms with van der Waals surface area (Å²) in [5.74, 6) is 0.964. The van der Waals surface area contributed by atoms with E-state index in [1.807, 2.05) is 0 Å². The van der Waals surface area contributed by atoms with Crippen molar-refractivity contribution in [3.8, 4) is 0 Å². The lowest BCUT2D eigenvalue weighted by atomic mass is 10.2. The molecule has 0 saturated heterocycles. The number of H-pyrrole nitrogens is 1. The fourth-order valence-corrected chi connectivity index (χ4v) is 1.82. The Bertz CT molecular complexity index is 571. The van der Waals surface area contributed by atoms with Crippen LogP contribution in [0, 0.1) is 0 Å². The summed E-state index contributed by atoms with van der Waals surface area (Å²) in [5.41, 5.74) is 0.422. The molecule has 0 spiro atoms. The van der Waals surface area contributed by atoms with Crippen molar-refractivity contribution in [3.05, 3.63) is 35.0 Å². The van der Waals surface area contributed by atoms with E-state index in [4.69, 9.17) is 11.6 Å². The summed E-state index contributed by atoms with van der Waals surface area (Å²) in [6.45, 7) is 0.338. The Morgan fingerprint density at radius 1 is 1.53 bits per heavy atom. The van der Waals surface area contributed by atoms with E-state index in [1.165, 1.54) is 17.4 Å². The Balaban J connectivity index is 2.12. The third-order valence-electron chi connectivity index (χ3n) is 2.52. The van der Waals surface area contributed by atoms with Crippen molar-refractivity contribution in [1.29, 1.82) is 0 Å². The van der Waals surface area contributed by atoms with Gasteiger partial charge in [-0.25, -0.2) is 9.97 Å². The first-order valence-corrected chi connectivity index (χ1v) is 5.92. The molecule has 0 saturated carbocycles. The third kappa shape index (κ3) is 3.00. The topological polar surface area (TPSA) is 86.8 Å². The van der Waals surface area contributed by atoms with Gasteiger partial charge in [-0.05, 0) is 6.07 Å². The second-order valence-corrected chi connectivity index (χ2v) is 4.31. The van der Waals surface area contributed by atoms with E-state index >= 15 is 0 Å². The smallest absolute Gasteiger partial charge is 0.255 e. The van der Waals surface area contributed by atoms with Crippen molar-refractivity contribution in [2.24, 2.45) is 0 Å². The van der Waals surface area contributed by atoms with Gasteiger partial charge in [0.1, 0.15) is 18.0 Å². The van der Waals surface area contributed by atoms with Crippen molar-refractivity contribution in [2.75, 3.05) is 19.4 Å². The van der Waals surface area contributed by atoms with Crippen LogP contribution < -0.4 is 5.32 Å². The number of nitrogens with zero attached hydrogens (tertiary/aromatic N) is 4. The zero-order valence-electron chi connectivity index (χ0n) is 10.5. The lowest BCUT2D eigenvalue weighted by Gasteiger charge is -2.15. The van der Waals surface area contributed by atoms with Crippen LogP contribution in [0.15, 0.2) is 18.6 Å². The van der Waals surface area contributed by atoms with E-state index in [0.717, 1.165) is 0 Å². The molecule has 0 bridgehead atoms. The number of rotatable bonds is 4. The van der Waals surface area contributed by atoms with Crippen molar-refractivity contribution < 1.29 is 4.79 Å². The lowest BCUT2D eigenvalue weighted by molar-refractivity contribution is 0.0781. The van der Waals surface area contributed by atoms with E-state index in [0.29, 0.717) is 28.8 Å². The number of amides is 1. The molecule has 2 aromatic heterocycles. The summed E-state index contributed by atoms with van der Waals surface area (Å²) in [7, 11) is 3.39. The SMILES string of the molecule is CNc1ncc(C(=O)N(C)Cc2ncn[nH]2)cc1Cl. The minimum absolute atomic E-state index is 0.187. The van der Waals surface area contributed by atoms with E-state index in [2.05, 4.69) is 25.5 Å². The van der Waals surface area contributed by atoms with Gasteiger partial charge in [-0.3, -0.25) is 9.89 Å². The molecule has 0 fully saturated rings. The highest BCUT2D eigenvalue weighted by molar-refractivity contribution is 6.33. The molecule has 0 aromatic carbocycles. The number of pyridine rings is 1. The van der Waals surface area contributed by atoms with Gasteiger partial charge >= 0.3 is 0 Å². The van der Waals surface area contributed by atoms with Gasteiger partial charge in [0.15, 0.2) is 0 Å². The van der Waals surface area contributed by atoms with E-state index in [1.54, 1.807) is 20.2 Å². The highest BCUT2D eigenvalue weighted by atomic mass is 35.5. The van der Waals surface area contributed by atoms with Crippen molar-refractivity contribution in [2.45, 2.75) is 6.54 Å². The summed E-state index contributed by atoms with van der Waals surface area (Å²) in [6.07, 6.45) is 2.88. The van der Waals surface area contributed by atoms with Gasteiger partial charge < -0.3 is 10.2 Å². The van der Waals surface area contributed by atoms with E-state index in [9.17, 15) is 4.79 Å². The number of hydrogen-bond acceptors (Lipinski definition) is 5. The Kier molecular flexibility index (Phi) is 3.96. The molecular weight excluding hydrogens is 268 g/mol. The molecule has 0 aliphatic heterocycles. The van der Waals surface area contributed by atoms with Crippen LogP contribution in [0.25, 0.3) is 0 Å². The van der Waals surface area contributed by atoms with E-state index in [-0.39, 0.29) is 5.91 Å². The molecule has 100 valence electrons. The first kappa shape index (κ1) is 13.3. The summed E-state index contributed by atoms with van der Waals surface area (Å²) in [5, 5.41) is 9.67. The molecule has 0 unspecified atom stereocenters. The monoisotopic (exact) mass is 280 g/mol. The van der Waals surface area contributed by atoms with Crippen LogP contribution in [-0.4, -0.2) is 45.1 Å². The predicted octanol–water partition coefficient (Wildman–Crippen LogP) is 1.17. The largest absolute Gasteiger partial charge is 0.372 e.